The van der Waals surface area contributed by atoms with E-state index in [2.05, 4.69) is 42.3 Å². The topological polar surface area (TPSA) is 69.3 Å². The Bertz CT molecular complexity index is 886. The van der Waals surface area contributed by atoms with Crippen molar-refractivity contribution in [2.75, 3.05) is 52.0 Å². The van der Waals surface area contributed by atoms with Crippen LogP contribution in [0.2, 0.25) is 0 Å². The predicted octanol–water partition coefficient (Wildman–Crippen LogP) is 5.63. The van der Waals surface area contributed by atoms with Crippen LogP contribution in [0.5, 0.6) is 5.75 Å². The van der Waals surface area contributed by atoms with E-state index < -0.39 is 0 Å². The Hall–Kier alpha value is -1.67. The summed E-state index contributed by atoms with van der Waals surface area (Å²) in [6.07, 6.45) is 9.69. The Balaban J connectivity index is 0.00000280. The molecule has 7 heteroatoms. The highest BCUT2D eigenvalue weighted by atomic mass is 16.5. The zero-order chi connectivity index (χ0) is 27.0. The van der Waals surface area contributed by atoms with E-state index >= 15 is 0 Å². The summed E-state index contributed by atoms with van der Waals surface area (Å²) in [6.45, 7) is 9.09. The van der Waals surface area contributed by atoms with Gasteiger partial charge in [0.05, 0.1) is 31.0 Å². The van der Waals surface area contributed by atoms with Gasteiger partial charge < -0.3 is 29.2 Å². The minimum absolute atomic E-state index is 0. The molecule has 2 atom stereocenters. The van der Waals surface area contributed by atoms with E-state index in [-0.39, 0.29) is 14.4 Å². The number of carbonyl (C=O) groups is 1. The van der Waals surface area contributed by atoms with Crippen molar-refractivity contribution in [1.29, 1.82) is 0 Å². The number of fused-ring (bicyclic) bond motifs is 1. The summed E-state index contributed by atoms with van der Waals surface area (Å²) in [4.78, 5) is 15.6. The molecule has 218 valence electrons. The highest BCUT2D eigenvalue weighted by Crippen LogP contribution is 2.35. The van der Waals surface area contributed by atoms with Crippen molar-refractivity contribution in [2.45, 2.75) is 96.5 Å². The zero-order valence-corrected chi connectivity index (χ0v) is 24.1. The third-order valence-corrected chi connectivity index (χ3v) is 8.83. The van der Waals surface area contributed by atoms with Gasteiger partial charge in [-0.1, -0.05) is 19.9 Å². The Labute approximate surface area is 232 Å². The molecule has 2 fully saturated rings. The molecule has 0 radical (unpaired) electrons. The van der Waals surface area contributed by atoms with E-state index in [1.165, 1.54) is 5.56 Å². The molecule has 2 aliphatic heterocycles. The highest BCUT2D eigenvalue weighted by Gasteiger charge is 2.34. The molecule has 2 heterocycles. The van der Waals surface area contributed by atoms with Crippen molar-refractivity contribution < 1.29 is 26.6 Å². The lowest BCUT2D eigenvalue weighted by molar-refractivity contribution is -0.129. The quantitative estimate of drug-likeness (QED) is 0.329. The second-order valence-electron chi connectivity index (χ2n) is 12.2. The molecule has 0 unspecified atom stereocenters. The maximum atomic E-state index is 13.2. The Morgan fingerprint density at radius 2 is 1.92 bits per heavy atom. The van der Waals surface area contributed by atoms with Crippen molar-refractivity contribution in [3.8, 4) is 5.75 Å². The van der Waals surface area contributed by atoms with Crippen LogP contribution in [0.15, 0.2) is 18.2 Å². The normalized spacial score (nSPS) is 26.1. The molecule has 1 aromatic rings. The number of hydrogen-bond donors (Lipinski definition) is 1. The molecule has 38 heavy (non-hydrogen) atoms. The van der Waals surface area contributed by atoms with Gasteiger partial charge in [-0.2, -0.15) is 0 Å². The van der Waals surface area contributed by atoms with Crippen LogP contribution in [-0.4, -0.2) is 71.1 Å². The summed E-state index contributed by atoms with van der Waals surface area (Å²) in [6, 6.07) is 6.79. The van der Waals surface area contributed by atoms with Crippen LogP contribution in [-0.2, 0) is 25.6 Å². The first kappa shape index (κ1) is 29.3. The van der Waals surface area contributed by atoms with Crippen molar-refractivity contribution in [1.82, 2.24) is 5.32 Å². The van der Waals surface area contributed by atoms with Crippen molar-refractivity contribution in [2.24, 2.45) is 11.3 Å². The lowest BCUT2D eigenvalue weighted by atomic mass is 9.74. The second-order valence-corrected chi connectivity index (χ2v) is 12.2. The number of ketones is 1. The maximum absolute atomic E-state index is 13.2. The van der Waals surface area contributed by atoms with E-state index in [9.17, 15) is 4.79 Å². The molecule has 1 aromatic carbocycles. The van der Waals surface area contributed by atoms with E-state index in [4.69, 9.17) is 18.9 Å². The van der Waals surface area contributed by atoms with Gasteiger partial charge >= 0.3 is 0 Å². The van der Waals surface area contributed by atoms with Gasteiger partial charge in [-0.3, -0.25) is 4.79 Å². The molecule has 1 saturated carbocycles. The first-order valence-corrected chi connectivity index (χ1v) is 14.8. The van der Waals surface area contributed by atoms with Crippen molar-refractivity contribution in [3.05, 3.63) is 23.8 Å². The van der Waals surface area contributed by atoms with Crippen LogP contribution in [0.1, 0.15) is 80.1 Å². The van der Waals surface area contributed by atoms with Crippen LogP contribution in [0.4, 0.5) is 5.69 Å². The van der Waals surface area contributed by atoms with Crippen LogP contribution in [0.25, 0.3) is 0 Å². The molecular weight excluding hydrogens is 480 g/mol. The Morgan fingerprint density at radius 1 is 1.13 bits per heavy atom. The zero-order valence-electron chi connectivity index (χ0n) is 24.1. The SMILES string of the molecule is COCCCN1CCOc2ccc(CO[C@@H]3CC[C@@H](CC(C)(C)C(=O)CC4CCC(OC)CC4)NC3)cc21.[HH].[HH]. The van der Waals surface area contributed by atoms with Gasteiger partial charge in [0, 0.05) is 54.6 Å². The molecule has 1 saturated heterocycles. The fourth-order valence-corrected chi connectivity index (χ4v) is 6.30. The van der Waals surface area contributed by atoms with Crippen LogP contribution in [0, 0.1) is 11.3 Å². The lowest BCUT2D eigenvalue weighted by Crippen LogP contribution is -2.45. The summed E-state index contributed by atoms with van der Waals surface area (Å²) in [5, 5.41) is 3.69. The number of methoxy groups -OCH3 is 2. The number of nitrogens with one attached hydrogen (secondary N) is 1. The number of Topliss-reactive ketones (excluding diaryl/α,β-unsaturated/α-hetero) is 1. The third-order valence-electron chi connectivity index (χ3n) is 8.83. The minimum atomic E-state index is -0.288. The van der Waals surface area contributed by atoms with E-state index in [1.54, 1.807) is 14.2 Å². The number of anilines is 1. The predicted molar refractivity (Wildman–Crippen MR) is 155 cm³/mol. The number of benzene rings is 1. The number of piperidine rings is 1. The van der Waals surface area contributed by atoms with Gasteiger partial charge in [-0.05, 0) is 75.0 Å². The minimum Gasteiger partial charge on any atom is -0.490 e. The number of rotatable bonds is 13. The van der Waals surface area contributed by atoms with Gasteiger partial charge in [-0.15, -0.1) is 0 Å². The van der Waals surface area contributed by atoms with E-state index in [0.717, 1.165) is 102 Å². The van der Waals surface area contributed by atoms with Crippen LogP contribution in [0.3, 0.4) is 0 Å². The van der Waals surface area contributed by atoms with Gasteiger partial charge in [0.25, 0.3) is 0 Å². The number of carbonyl (C=O) groups excluding carboxylic acids is 1. The maximum Gasteiger partial charge on any atom is 0.142 e. The molecule has 1 aliphatic carbocycles. The smallest absolute Gasteiger partial charge is 0.142 e. The molecule has 1 N–H and O–H groups in total. The first-order chi connectivity index (χ1) is 18.4. The Morgan fingerprint density at radius 3 is 2.63 bits per heavy atom. The summed E-state index contributed by atoms with van der Waals surface area (Å²) < 4.78 is 22.9. The molecule has 0 aromatic heterocycles. The van der Waals surface area contributed by atoms with Gasteiger partial charge in [0.15, 0.2) is 0 Å². The fraction of sp³-hybridized carbons (Fsp3) is 0.774. The molecule has 3 aliphatic rings. The average Bonchev–Trinajstić information content (AvgIpc) is 2.93. The average molecular weight is 535 g/mol. The molecular formula is C31H54N2O5. The van der Waals surface area contributed by atoms with E-state index in [0.29, 0.717) is 30.5 Å². The van der Waals surface area contributed by atoms with Gasteiger partial charge in [0.2, 0.25) is 0 Å². The summed E-state index contributed by atoms with van der Waals surface area (Å²) in [7, 11) is 3.55. The third kappa shape index (κ3) is 8.17. The molecule has 0 bridgehead atoms. The van der Waals surface area contributed by atoms with E-state index in [1.807, 2.05) is 0 Å². The van der Waals surface area contributed by atoms with Crippen molar-refractivity contribution in [3.63, 3.8) is 0 Å². The number of ether oxygens (including phenoxy) is 4. The number of hydrogen-bond acceptors (Lipinski definition) is 7. The first-order valence-electron chi connectivity index (χ1n) is 14.8. The summed E-state index contributed by atoms with van der Waals surface area (Å²) in [5.74, 6) is 1.91. The Kier molecular flexibility index (Phi) is 10.9. The van der Waals surface area contributed by atoms with Crippen molar-refractivity contribution >= 4 is 11.5 Å². The van der Waals surface area contributed by atoms with Gasteiger partial charge in [0.1, 0.15) is 18.1 Å². The number of nitrogens with zero attached hydrogens (tertiary/aromatic N) is 1. The lowest BCUT2D eigenvalue weighted by Gasteiger charge is -2.36. The molecule has 7 nitrogen and oxygen atoms in total. The van der Waals surface area contributed by atoms with Crippen LogP contribution >= 0.6 is 0 Å². The molecule has 4 rings (SSSR count). The molecule has 0 spiro atoms. The monoisotopic (exact) mass is 534 g/mol. The standard InChI is InChI=1S/C31H50N2O5.2H2/c1-31(2,30(34)19-23-6-10-26(36-4)11-7-23)20-25-9-12-27(21-32-25)38-22-24-8-13-29-28(18-24)33(15-17-37-29)14-5-16-35-3;;/h8,13,18,23,25-27,32H,5-7,9-12,14-17,19-22H2,1-4H3;2*1H/t23?,25-,26?,27+;;/m0../s1. The highest BCUT2D eigenvalue weighted by molar-refractivity contribution is 5.84. The summed E-state index contributed by atoms with van der Waals surface area (Å²) >= 11 is 0. The fourth-order valence-electron chi connectivity index (χ4n) is 6.30. The largest absolute Gasteiger partial charge is 0.490 e. The molecule has 0 amide bonds. The second kappa shape index (κ2) is 14.1. The summed E-state index contributed by atoms with van der Waals surface area (Å²) in [5.41, 5.74) is 2.05. The van der Waals surface area contributed by atoms with Crippen LogP contribution < -0.4 is 15.0 Å². The van der Waals surface area contributed by atoms with Gasteiger partial charge in [-0.25, -0.2) is 0 Å².